The SMILES string of the molecule is CNCc1n[nH]c(C)c1S(=O)(=O)NCCOC. The van der Waals surface area contributed by atoms with Crippen LogP contribution in [0.3, 0.4) is 0 Å². The highest BCUT2D eigenvalue weighted by Crippen LogP contribution is 2.16. The Labute approximate surface area is 101 Å². The molecule has 0 amide bonds. The lowest BCUT2D eigenvalue weighted by molar-refractivity contribution is 0.204. The van der Waals surface area contributed by atoms with E-state index in [9.17, 15) is 8.42 Å². The number of nitrogens with one attached hydrogen (secondary N) is 3. The van der Waals surface area contributed by atoms with Crippen LogP contribution in [-0.2, 0) is 21.3 Å². The Bertz CT molecular complexity index is 455. The van der Waals surface area contributed by atoms with Gasteiger partial charge in [-0.15, -0.1) is 0 Å². The third kappa shape index (κ3) is 3.50. The summed E-state index contributed by atoms with van der Waals surface area (Å²) in [6.45, 7) is 2.64. The molecule has 0 saturated carbocycles. The molecule has 7 nitrogen and oxygen atoms in total. The quantitative estimate of drug-likeness (QED) is 0.568. The van der Waals surface area contributed by atoms with E-state index < -0.39 is 10.0 Å². The minimum atomic E-state index is -3.54. The Morgan fingerprint density at radius 1 is 1.47 bits per heavy atom. The molecule has 0 atom stereocenters. The van der Waals surface area contributed by atoms with Crippen LogP contribution in [0.4, 0.5) is 0 Å². The van der Waals surface area contributed by atoms with Gasteiger partial charge in [-0.05, 0) is 14.0 Å². The van der Waals surface area contributed by atoms with Crippen molar-refractivity contribution >= 4 is 10.0 Å². The Morgan fingerprint density at radius 3 is 2.76 bits per heavy atom. The maximum Gasteiger partial charge on any atom is 0.244 e. The fraction of sp³-hybridized carbons (Fsp3) is 0.667. The molecular weight excluding hydrogens is 244 g/mol. The van der Waals surface area contributed by atoms with Crippen molar-refractivity contribution in [1.82, 2.24) is 20.2 Å². The second-order valence-corrected chi connectivity index (χ2v) is 5.25. The van der Waals surface area contributed by atoms with Gasteiger partial charge in [0.1, 0.15) is 4.90 Å². The second-order valence-electron chi connectivity index (χ2n) is 3.55. The minimum Gasteiger partial charge on any atom is -0.383 e. The Kier molecular flexibility index (Phi) is 5.06. The van der Waals surface area contributed by atoms with Gasteiger partial charge in [0, 0.05) is 20.2 Å². The standard InChI is InChI=1S/C9H18N4O3S/c1-7-9(8(6-10-2)13-12-7)17(14,15)11-4-5-16-3/h10-11H,4-6H2,1-3H3,(H,12,13). The summed E-state index contributed by atoms with van der Waals surface area (Å²) in [6.07, 6.45) is 0. The van der Waals surface area contributed by atoms with Gasteiger partial charge in [-0.1, -0.05) is 0 Å². The van der Waals surface area contributed by atoms with Gasteiger partial charge in [-0.3, -0.25) is 5.10 Å². The van der Waals surface area contributed by atoms with Crippen LogP contribution in [0.5, 0.6) is 0 Å². The highest BCUT2D eigenvalue weighted by molar-refractivity contribution is 7.89. The summed E-state index contributed by atoms with van der Waals surface area (Å²) in [7, 11) is -0.284. The number of ether oxygens (including phenoxy) is 1. The van der Waals surface area contributed by atoms with Gasteiger partial charge in [-0.2, -0.15) is 5.10 Å². The lowest BCUT2D eigenvalue weighted by Gasteiger charge is -2.07. The van der Waals surface area contributed by atoms with Crippen LogP contribution in [-0.4, -0.2) is 45.9 Å². The highest BCUT2D eigenvalue weighted by Gasteiger charge is 2.23. The summed E-state index contributed by atoms with van der Waals surface area (Å²) in [6, 6.07) is 0. The van der Waals surface area contributed by atoms with E-state index in [1.54, 1.807) is 14.0 Å². The molecule has 1 aromatic heterocycles. The molecule has 0 aliphatic rings. The molecule has 0 aromatic carbocycles. The van der Waals surface area contributed by atoms with E-state index in [-0.39, 0.29) is 11.4 Å². The zero-order valence-corrected chi connectivity index (χ0v) is 11.0. The molecule has 0 spiro atoms. The topological polar surface area (TPSA) is 96.1 Å². The van der Waals surface area contributed by atoms with E-state index in [4.69, 9.17) is 4.74 Å². The van der Waals surface area contributed by atoms with Crippen LogP contribution in [0.25, 0.3) is 0 Å². The maximum atomic E-state index is 12.0. The Balaban J connectivity index is 2.93. The summed E-state index contributed by atoms with van der Waals surface area (Å²) < 4.78 is 31.3. The van der Waals surface area contributed by atoms with Crippen molar-refractivity contribution in [1.29, 1.82) is 0 Å². The van der Waals surface area contributed by atoms with E-state index in [0.29, 0.717) is 24.5 Å². The van der Waals surface area contributed by atoms with Crippen molar-refractivity contribution in [2.45, 2.75) is 18.4 Å². The number of aryl methyl sites for hydroxylation is 1. The zero-order valence-electron chi connectivity index (χ0n) is 10.2. The van der Waals surface area contributed by atoms with Crippen molar-refractivity contribution in [3.05, 3.63) is 11.4 Å². The van der Waals surface area contributed by atoms with E-state index >= 15 is 0 Å². The van der Waals surface area contributed by atoms with Gasteiger partial charge in [0.25, 0.3) is 0 Å². The van der Waals surface area contributed by atoms with Gasteiger partial charge in [0.15, 0.2) is 0 Å². The first-order chi connectivity index (χ1) is 8.03. The lowest BCUT2D eigenvalue weighted by Crippen LogP contribution is -2.28. The zero-order chi connectivity index (χ0) is 12.9. The number of hydrogen-bond acceptors (Lipinski definition) is 5. The van der Waals surface area contributed by atoms with Crippen molar-refractivity contribution < 1.29 is 13.2 Å². The summed E-state index contributed by atoms with van der Waals surface area (Å²) in [4.78, 5) is 0.211. The summed E-state index contributed by atoms with van der Waals surface area (Å²) in [5.41, 5.74) is 1.01. The fourth-order valence-corrected chi connectivity index (χ4v) is 2.84. The van der Waals surface area contributed by atoms with Gasteiger partial charge in [-0.25, -0.2) is 13.1 Å². The molecule has 1 rings (SSSR count). The van der Waals surface area contributed by atoms with Crippen LogP contribution < -0.4 is 10.0 Å². The molecule has 0 bridgehead atoms. The molecule has 0 fully saturated rings. The molecular formula is C9H18N4O3S. The van der Waals surface area contributed by atoms with Gasteiger partial charge < -0.3 is 10.1 Å². The molecule has 8 heteroatoms. The first kappa shape index (κ1) is 14.1. The number of rotatable bonds is 7. The molecule has 98 valence electrons. The van der Waals surface area contributed by atoms with Crippen LogP contribution in [0.2, 0.25) is 0 Å². The molecule has 0 radical (unpaired) electrons. The number of nitrogens with zero attached hydrogens (tertiary/aromatic N) is 1. The normalized spacial score (nSPS) is 11.9. The predicted molar refractivity (Wildman–Crippen MR) is 63.2 cm³/mol. The van der Waals surface area contributed by atoms with E-state index in [0.717, 1.165) is 0 Å². The molecule has 1 aromatic rings. The number of hydrogen-bond donors (Lipinski definition) is 3. The van der Waals surface area contributed by atoms with Crippen molar-refractivity contribution in [3.8, 4) is 0 Å². The number of methoxy groups -OCH3 is 1. The lowest BCUT2D eigenvalue weighted by atomic mass is 10.4. The van der Waals surface area contributed by atoms with Gasteiger partial charge >= 0.3 is 0 Å². The third-order valence-corrected chi connectivity index (χ3v) is 3.84. The smallest absolute Gasteiger partial charge is 0.244 e. The predicted octanol–water partition coefficient (Wildman–Crippen LogP) is -0.638. The van der Waals surface area contributed by atoms with Crippen molar-refractivity contribution in [2.75, 3.05) is 27.3 Å². The number of H-pyrrole nitrogens is 1. The van der Waals surface area contributed by atoms with Crippen LogP contribution >= 0.6 is 0 Å². The molecule has 17 heavy (non-hydrogen) atoms. The minimum absolute atomic E-state index is 0.211. The van der Waals surface area contributed by atoms with E-state index in [1.807, 2.05) is 0 Å². The van der Waals surface area contributed by atoms with E-state index in [1.165, 1.54) is 7.11 Å². The molecule has 0 aliphatic heterocycles. The first-order valence-corrected chi connectivity index (χ1v) is 6.68. The van der Waals surface area contributed by atoms with Gasteiger partial charge in [0.2, 0.25) is 10.0 Å². The molecule has 0 saturated heterocycles. The molecule has 0 unspecified atom stereocenters. The Morgan fingerprint density at radius 2 is 2.18 bits per heavy atom. The molecule has 0 aliphatic carbocycles. The number of sulfonamides is 1. The Hall–Kier alpha value is -0.960. The van der Waals surface area contributed by atoms with E-state index in [2.05, 4.69) is 20.2 Å². The number of aromatic amines is 1. The van der Waals surface area contributed by atoms with Gasteiger partial charge in [0.05, 0.1) is 18.0 Å². The molecule has 3 N–H and O–H groups in total. The van der Waals surface area contributed by atoms with Crippen LogP contribution in [0, 0.1) is 6.92 Å². The fourth-order valence-electron chi connectivity index (χ4n) is 1.46. The number of aromatic nitrogens is 2. The summed E-state index contributed by atoms with van der Waals surface area (Å²) in [5.74, 6) is 0. The summed E-state index contributed by atoms with van der Waals surface area (Å²) in [5, 5.41) is 9.52. The van der Waals surface area contributed by atoms with Crippen LogP contribution in [0.1, 0.15) is 11.4 Å². The van der Waals surface area contributed by atoms with Crippen LogP contribution in [0.15, 0.2) is 4.90 Å². The monoisotopic (exact) mass is 262 g/mol. The summed E-state index contributed by atoms with van der Waals surface area (Å²) >= 11 is 0. The maximum absolute atomic E-state index is 12.0. The largest absolute Gasteiger partial charge is 0.383 e. The third-order valence-electron chi connectivity index (χ3n) is 2.17. The average Bonchev–Trinajstić information content (AvgIpc) is 2.61. The highest BCUT2D eigenvalue weighted by atomic mass is 32.2. The van der Waals surface area contributed by atoms with Crippen molar-refractivity contribution in [2.24, 2.45) is 0 Å². The molecule has 1 heterocycles. The first-order valence-electron chi connectivity index (χ1n) is 5.20. The second kappa shape index (κ2) is 6.10. The van der Waals surface area contributed by atoms with Crippen molar-refractivity contribution in [3.63, 3.8) is 0 Å². The average molecular weight is 262 g/mol.